The molecule has 0 bridgehead atoms. The van der Waals surface area contributed by atoms with Crippen molar-refractivity contribution < 1.29 is 0 Å². The number of rotatable bonds is 4. The molecule has 0 unspecified atom stereocenters. The molecule has 2 rings (SSSR count). The largest absolute Gasteiger partial charge is 0.306 e. The Morgan fingerprint density at radius 1 is 1.27 bits per heavy atom. The van der Waals surface area contributed by atoms with Crippen molar-refractivity contribution in [2.24, 2.45) is 0 Å². The zero-order valence-corrected chi connectivity index (χ0v) is 9.39. The Morgan fingerprint density at radius 3 is 2.53 bits per heavy atom. The number of anilines is 1. The maximum atomic E-state index is 4.07. The van der Waals surface area contributed by atoms with Crippen LogP contribution in [0.15, 0.2) is 24.5 Å². The van der Waals surface area contributed by atoms with Crippen molar-refractivity contribution in [1.82, 2.24) is 9.99 Å². The van der Waals surface area contributed by atoms with E-state index in [-0.39, 0.29) is 0 Å². The summed E-state index contributed by atoms with van der Waals surface area (Å²) in [6, 6.07) is 4.18. The van der Waals surface area contributed by atoms with Gasteiger partial charge in [0.1, 0.15) is 0 Å². The van der Waals surface area contributed by atoms with Crippen LogP contribution in [-0.4, -0.2) is 29.6 Å². The second-order valence-electron chi connectivity index (χ2n) is 3.99. The van der Waals surface area contributed by atoms with Gasteiger partial charge in [-0.2, -0.15) is 0 Å². The minimum absolute atomic E-state index is 1.10. The van der Waals surface area contributed by atoms with E-state index < -0.39 is 0 Å². The van der Waals surface area contributed by atoms with Crippen molar-refractivity contribution in [3.8, 4) is 0 Å². The second kappa shape index (κ2) is 5.12. The third kappa shape index (κ3) is 2.48. The van der Waals surface area contributed by atoms with Crippen LogP contribution in [0, 0.1) is 0 Å². The van der Waals surface area contributed by atoms with E-state index in [2.05, 4.69) is 34.1 Å². The van der Waals surface area contributed by atoms with Crippen molar-refractivity contribution in [1.29, 1.82) is 0 Å². The topological polar surface area (TPSA) is 19.4 Å². The van der Waals surface area contributed by atoms with E-state index in [1.807, 2.05) is 12.4 Å². The minimum Gasteiger partial charge on any atom is -0.306 e. The van der Waals surface area contributed by atoms with Crippen LogP contribution in [0.2, 0.25) is 0 Å². The molecule has 82 valence electrons. The first-order valence-electron chi connectivity index (χ1n) is 5.84. The van der Waals surface area contributed by atoms with E-state index in [0.29, 0.717) is 0 Å². The number of aromatic nitrogens is 1. The highest BCUT2D eigenvalue weighted by molar-refractivity contribution is 5.43. The highest BCUT2D eigenvalue weighted by Crippen LogP contribution is 2.19. The van der Waals surface area contributed by atoms with Gasteiger partial charge >= 0.3 is 0 Å². The molecule has 15 heavy (non-hydrogen) atoms. The smallest absolute Gasteiger partial charge is 0.0552 e. The second-order valence-corrected chi connectivity index (χ2v) is 3.99. The lowest BCUT2D eigenvalue weighted by molar-refractivity contribution is 0.306. The normalized spacial score (nSPS) is 16.9. The summed E-state index contributed by atoms with van der Waals surface area (Å²) in [7, 11) is 0. The predicted octanol–water partition coefficient (Wildman–Crippen LogP) is 2.31. The number of pyridine rings is 1. The third-order valence-corrected chi connectivity index (χ3v) is 2.82. The Balaban J connectivity index is 2.11. The number of nitrogens with zero attached hydrogens (tertiary/aromatic N) is 3. The molecule has 1 aliphatic heterocycles. The Morgan fingerprint density at radius 2 is 1.93 bits per heavy atom. The van der Waals surface area contributed by atoms with Gasteiger partial charge in [0.05, 0.1) is 5.69 Å². The predicted molar refractivity (Wildman–Crippen MR) is 62.7 cm³/mol. The molecular formula is C12H19N3. The lowest BCUT2D eigenvalue weighted by atomic mass is 10.3. The summed E-state index contributed by atoms with van der Waals surface area (Å²) in [5.41, 5.74) is 1.27. The van der Waals surface area contributed by atoms with Crippen molar-refractivity contribution in [2.75, 3.05) is 24.6 Å². The SMILES string of the molecule is CCCN(c1ccncc1)N1CCCC1. The molecule has 2 heterocycles. The first-order chi connectivity index (χ1) is 7.42. The quantitative estimate of drug-likeness (QED) is 0.752. The van der Waals surface area contributed by atoms with Gasteiger partial charge in [0.2, 0.25) is 0 Å². The molecule has 1 aromatic heterocycles. The van der Waals surface area contributed by atoms with Crippen LogP contribution in [0.25, 0.3) is 0 Å². The van der Waals surface area contributed by atoms with E-state index in [1.54, 1.807) is 0 Å². The summed E-state index contributed by atoms with van der Waals surface area (Å²) in [5.74, 6) is 0. The van der Waals surface area contributed by atoms with Gasteiger partial charge in [-0.15, -0.1) is 0 Å². The summed E-state index contributed by atoms with van der Waals surface area (Å²) < 4.78 is 0. The van der Waals surface area contributed by atoms with Gasteiger partial charge in [-0.3, -0.25) is 4.98 Å². The zero-order valence-electron chi connectivity index (χ0n) is 9.39. The molecule has 0 atom stereocenters. The fraction of sp³-hybridized carbons (Fsp3) is 0.583. The number of hydrazine groups is 1. The van der Waals surface area contributed by atoms with Gasteiger partial charge in [-0.25, -0.2) is 5.01 Å². The Bertz CT molecular complexity index is 280. The molecule has 0 radical (unpaired) electrons. The average molecular weight is 205 g/mol. The molecule has 1 aliphatic rings. The molecule has 0 aromatic carbocycles. The van der Waals surface area contributed by atoms with E-state index in [1.165, 1.54) is 38.0 Å². The maximum absolute atomic E-state index is 4.07. The summed E-state index contributed by atoms with van der Waals surface area (Å²) in [6.45, 7) is 5.72. The van der Waals surface area contributed by atoms with Gasteiger partial charge in [0, 0.05) is 32.0 Å². The Labute approximate surface area is 91.7 Å². The molecule has 1 aromatic rings. The molecule has 1 saturated heterocycles. The molecule has 0 saturated carbocycles. The Kier molecular flexibility index (Phi) is 3.56. The number of hydrogen-bond acceptors (Lipinski definition) is 3. The fourth-order valence-corrected chi connectivity index (χ4v) is 2.10. The molecule has 1 fully saturated rings. The molecule has 3 heteroatoms. The average Bonchev–Trinajstić information content (AvgIpc) is 2.80. The Hall–Kier alpha value is -1.09. The highest BCUT2D eigenvalue weighted by atomic mass is 15.6. The van der Waals surface area contributed by atoms with E-state index in [4.69, 9.17) is 0 Å². The molecule has 0 N–H and O–H groups in total. The van der Waals surface area contributed by atoms with E-state index in [0.717, 1.165) is 6.54 Å². The summed E-state index contributed by atoms with van der Waals surface area (Å²) in [4.78, 5) is 4.07. The monoisotopic (exact) mass is 205 g/mol. The van der Waals surface area contributed by atoms with Gasteiger partial charge in [-0.1, -0.05) is 6.92 Å². The molecule has 0 aliphatic carbocycles. The van der Waals surface area contributed by atoms with Crippen molar-refractivity contribution in [3.05, 3.63) is 24.5 Å². The number of hydrogen-bond donors (Lipinski definition) is 0. The van der Waals surface area contributed by atoms with Crippen LogP contribution in [0.3, 0.4) is 0 Å². The van der Waals surface area contributed by atoms with Crippen molar-refractivity contribution in [2.45, 2.75) is 26.2 Å². The zero-order chi connectivity index (χ0) is 10.5. The summed E-state index contributed by atoms with van der Waals surface area (Å²) >= 11 is 0. The van der Waals surface area contributed by atoms with Gasteiger partial charge in [-0.05, 0) is 31.4 Å². The van der Waals surface area contributed by atoms with Crippen molar-refractivity contribution in [3.63, 3.8) is 0 Å². The standard InChI is InChI=1S/C12H19N3/c1-2-9-15(14-10-3-4-11-14)12-5-7-13-8-6-12/h5-8H,2-4,9-11H2,1H3. The van der Waals surface area contributed by atoms with Crippen LogP contribution in [0.5, 0.6) is 0 Å². The fourth-order valence-electron chi connectivity index (χ4n) is 2.10. The van der Waals surface area contributed by atoms with Gasteiger partial charge in [0.25, 0.3) is 0 Å². The van der Waals surface area contributed by atoms with Crippen LogP contribution in [0.4, 0.5) is 5.69 Å². The molecule has 3 nitrogen and oxygen atoms in total. The lowest BCUT2D eigenvalue weighted by Gasteiger charge is -2.33. The first kappa shape index (κ1) is 10.4. The van der Waals surface area contributed by atoms with Crippen LogP contribution >= 0.6 is 0 Å². The van der Waals surface area contributed by atoms with Crippen LogP contribution < -0.4 is 5.01 Å². The molecular weight excluding hydrogens is 186 g/mol. The van der Waals surface area contributed by atoms with Crippen LogP contribution in [-0.2, 0) is 0 Å². The maximum Gasteiger partial charge on any atom is 0.0552 e. The minimum atomic E-state index is 1.10. The van der Waals surface area contributed by atoms with E-state index in [9.17, 15) is 0 Å². The summed E-state index contributed by atoms with van der Waals surface area (Å²) in [6.07, 6.45) is 7.57. The van der Waals surface area contributed by atoms with Crippen LogP contribution in [0.1, 0.15) is 26.2 Å². The van der Waals surface area contributed by atoms with Gasteiger partial charge < -0.3 is 5.01 Å². The first-order valence-corrected chi connectivity index (χ1v) is 5.84. The summed E-state index contributed by atoms with van der Waals surface area (Å²) in [5, 5.41) is 4.85. The lowest BCUT2D eigenvalue weighted by Crippen LogP contribution is -2.41. The molecule has 0 spiro atoms. The van der Waals surface area contributed by atoms with Gasteiger partial charge in [0.15, 0.2) is 0 Å². The van der Waals surface area contributed by atoms with Crippen molar-refractivity contribution >= 4 is 5.69 Å². The third-order valence-electron chi connectivity index (χ3n) is 2.82. The van der Waals surface area contributed by atoms with E-state index >= 15 is 0 Å². The highest BCUT2D eigenvalue weighted by Gasteiger charge is 2.18. The molecule has 0 amide bonds.